The van der Waals surface area contributed by atoms with Gasteiger partial charge in [-0.3, -0.25) is 0 Å². The molecule has 2 rings (SSSR count). The highest BCUT2D eigenvalue weighted by Gasteiger charge is 2.07. The highest BCUT2D eigenvalue weighted by atomic mass is 16.5. The second kappa shape index (κ2) is 6.42. The number of nitrogens with one attached hydrogen (secondary N) is 1. The molecular formula is C14H19NO3. The molecule has 4 nitrogen and oxygen atoms in total. The summed E-state index contributed by atoms with van der Waals surface area (Å²) in [7, 11) is 0. The van der Waals surface area contributed by atoms with Crippen molar-refractivity contribution in [1.82, 2.24) is 5.32 Å². The molecule has 0 atom stereocenters. The number of ether oxygens (including phenoxy) is 1. The Kier molecular flexibility index (Phi) is 4.61. The van der Waals surface area contributed by atoms with E-state index in [1.165, 1.54) is 0 Å². The molecule has 0 saturated carbocycles. The van der Waals surface area contributed by atoms with Crippen LogP contribution in [0.2, 0.25) is 0 Å². The van der Waals surface area contributed by atoms with Crippen molar-refractivity contribution in [3.63, 3.8) is 0 Å². The van der Waals surface area contributed by atoms with Crippen molar-refractivity contribution in [2.45, 2.75) is 33.6 Å². The summed E-state index contributed by atoms with van der Waals surface area (Å²) in [5, 5.41) is 3.23. The minimum absolute atomic E-state index is 0.486. The lowest BCUT2D eigenvalue weighted by atomic mass is 10.2. The summed E-state index contributed by atoms with van der Waals surface area (Å²) >= 11 is 0. The summed E-state index contributed by atoms with van der Waals surface area (Å²) in [6, 6.07) is 5.80. The number of aryl methyl sites for hydroxylation is 1. The number of furan rings is 2. The first-order valence-electron chi connectivity index (χ1n) is 6.18. The third-order valence-electron chi connectivity index (χ3n) is 2.70. The van der Waals surface area contributed by atoms with Gasteiger partial charge in [-0.2, -0.15) is 0 Å². The van der Waals surface area contributed by atoms with E-state index < -0.39 is 0 Å². The van der Waals surface area contributed by atoms with Crippen LogP contribution in [0.5, 0.6) is 0 Å². The molecule has 2 heterocycles. The van der Waals surface area contributed by atoms with Gasteiger partial charge in [-0.15, -0.1) is 0 Å². The van der Waals surface area contributed by atoms with Crippen LogP contribution < -0.4 is 5.32 Å². The van der Waals surface area contributed by atoms with Crippen molar-refractivity contribution in [1.29, 1.82) is 0 Å². The molecule has 1 N–H and O–H groups in total. The molecule has 2 aromatic heterocycles. The fourth-order valence-corrected chi connectivity index (χ4v) is 1.72. The first-order chi connectivity index (χ1) is 8.79. The smallest absolute Gasteiger partial charge is 0.129 e. The maximum Gasteiger partial charge on any atom is 0.129 e. The summed E-state index contributed by atoms with van der Waals surface area (Å²) < 4.78 is 16.4. The number of hydrogen-bond acceptors (Lipinski definition) is 4. The molecule has 0 aromatic carbocycles. The van der Waals surface area contributed by atoms with Gasteiger partial charge in [0.1, 0.15) is 23.9 Å². The van der Waals surface area contributed by atoms with Gasteiger partial charge in [-0.1, -0.05) is 6.92 Å². The van der Waals surface area contributed by atoms with Gasteiger partial charge in [0.05, 0.1) is 19.4 Å². The minimum atomic E-state index is 0.486. The number of rotatable bonds is 7. The Morgan fingerprint density at radius 2 is 2.17 bits per heavy atom. The van der Waals surface area contributed by atoms with Gasteiger partial charge < -0.3 is 18.9 Å². The fraction of sp³-hybridized carbons (Fsp3) is 0.429. The SMILES string of the molecule is CCNCc1cc(COCc2ccco2)c(C)o1. The van der Waals surface area contributed by atoms with Crippen LogP contribution in [0.15, 0.2) is 33.3 Å². The Morgan fingerprint density at radius 3 is 2.89 bits per heavy atom. The maximum atomic E-state index is 5.64. The molecule has 2 aromatic rings. The zero-order chi connectivity index (χ0) is 12.8. The van der Waals surface area contributed by atoms with E-state index in [0.29, 0.717) is 13.2 Å². The van der Waals surface area contributed by atoms with Gasteiger partial charge >= 0.3 is 0 Å². The molecule has 0 radical (unpaired) electrons. The molecule has 0 unspecified atom stereocenters. The Balaban J connectivity index is 1.83. The number of hydrogen-bond donors (Lipinski definition) is 1. The van der Waals surface area contributed by atoms with Crippen molar-refractivity contribution in [3.05, 3.63) is 47.3 Å². The van der Waals surface area contributed by atoms with Crippen molar-refractivity contribution >= 4 is 0 Å². The third-order valence-corrected chi connectivity index (χ3v) is 2.70. The standard InChI is InChI=1S/C14H19NO3/c1-3-15-8-14-7-12(11(2)18-14)9-16-10-13-5-4-6-17-13/h4-7,15H,3,8-10H2,1-2H3. The summed E-state index contributed by atoms with van der Waals surface area (Å²) in [5.74, 6) is 2.71. The first kappa shape index (κ1) is 12.9. The predicted octanol–water partition coefficient (Wildman–Crippen LogP) is 3.01. The Labute approximate surface area is 107 Å². The molecule has 0 fully saturated rings. The van der Waals surface area contributed by atoms with Crippen molar-refractivity contribution < 1.29 is 13.6 Å². The van der Waals surface area contributed by atoms with E-state index in [0.717, 1.165) is 35.9 Å². The highest BCUT2D eigenvalue weighted by Crippen LogP contribution is 2.16. The zero-order valence-electron chi connectivity index (χ0n) is 10.9. The topological polar surface area (TPSA) is 47.5 Å². The van der Waals surface area contributed by atoms with Crippen LogP contribution in [0.4, 0.5) is 0 Å². The molecule has 0 aliphatic heterocycles. The van der Waals surface area contributed by atoms with E-state index in [-0.39, 0.29) is 0 Å². The van der Waals surface area contributed by atoms with Crippen LogP contribution in [0.25, 0.3) is 0 Å². The monoisotopic (exact) mass is 249 g/mol. The van der Waals surface area contributed by atoms with Crippen LogP contribution in [0.1, 0.15) is 29.8 Å². The Bertz CT molecular complexity index is 459. The van der Waals surface area contributed by atoms with Gasteiger partial charge in [0.25, 0.3) is 0 Å². The van der Waals surface area contributed by atoms with E-state index >= 15 is 0 Å². The van der Waals surface area contributed by atoms with Crippen molar-refractivity contribution in [3.8, 4) is 0 Å². The van der Waals surface area contributed by atoms with Crippen LogP contribution in [-0.2, 0) is 24.5 Å². The molecule has 0 bridgehead atoms. The van der Waals surface area contributed by atoms with Gasteiger partial charge in [0.15, 0.2) is 0 Å². The molecule has 18 heavy (non-hydrogen) atoms. The van der Waals surface area contributed by atoms with Gasteiger partial charge in [-0.05, 0) is 31.7 Å². The fourth-order valence-electron chi connectivity index (χ4n) is 1.72. The van der Waals surface area contributed by atoms with Crippen LogP contribution in [0, 0.1) is 6.92 Å². The Morgan fingerprint density at radius 1 is 1.28 bits per heavy atom. The largest absolute Gasteiger partial charge is 0.467 e. The highest BCUT2D eigenvalue weighted by molar-refractivity contribution is 5.20. The van der Waals surface area contributed by atoms with Gasteiger partial charge in [-0.25, -0.2) is 0 Å². The molecule has 98 valence electrons. The molecule has 0 aliphatic rings. The molecule has 0 saturated heterocycles. The summed E-state index contributed by atoms with van der Waals surface area (Å²) in [6.45, 7) is 6.76. The second-order valence-electron chi connectivity index (χ2n) is 4.15. The van der Waals surface area contributed by atoms with E-state index in [1.54, 1.807) is 6.26 Å². The lowest BCUT2D eigenvalue weighted by Gasteiger charge is -2.00. The quantitative estimate of drug-likeness (QED) is 0.819. The van der Waals surface area contributed by atoms with E-state index in [2.05, 4.69) is 12.2 Å². The lowest BCUT2D eigenvalue weighted by molar-refractivity contribution is 0.0921. The summed E-state index contributed by atoms with van der Waals surface area (Å²) in [6.07, 6.45) is 1.65. The van der Waals surface area contributed by atoms with Gasteiger partial charge in [0, 0.05) is 5.56 Å². The molecule has 4 heteroatoms. The predicted molar refractivity (Wildman–Crippen MR) is 68.0 cm³/mol. The van der Waals surface area contributed by atoms with Crippen molar-refractivity contribution in [2.24, 2.45) is 0 Å². The third kappa shape index (κ3) is 3.48. The molecular weight excluding hydrogens is 230 g/mol. The van der Waals surface area contributed by atoms with E-state index in [1.807, 2.05) is 25.1 Å². The van der Waals surface area contributed by atoms with Crippen LogP contribution in [0.3, 0.4) is 0 Å². The van der Waals surface area contributed by atoms with Gasteiger partial charge in [0.2, 0.25) is 0 Å². The van der Waals surface area contributed by atoms with Crippen LogP contribution >= 0.6 is 0 Å². The van der Waals surface area contributed by atoms with E-state index in [9.17, 15) is 0 Å². The average Bonchev–Trinajstić information content (AvgIpc) is 2.98. The maximum absolute atomic E-state index is 5.64. The van der Waals surface area contributed by atoms with Crippen molar-refractivity contribution in [2.75, 3.05) is 6.54 Å². The molecule has 0 spiro atoms. The van der Waals surface area contributed by atoms with Crippen LogP contribution in [-0.4, -0.2) is 6.54 Å². The minimum Gasteiger partial charge on any atom is -0.467 e. The second-order valence-corrected chi connectivity index (χ2v) is 4.15. The molecule has 0 amide bonds. The first-order valence-corrected chi connectivity index (χ1v) is 6.18. The lowest BCUT2D eigenvalue weighted by Crippen LogP contribution is -2.10. The normalized spacial score (nSPS) is 11.0. The summed E-state index contributed by atoms with van der Waals surface area (Å²) in [5.41, 5.74) is 1.09. The summed E-state index contributed by atoms with van der Waals surface area (Å²) in [4.78, 5) is 0. The zero-order valence-corrected chi connectivity index (χ0v) is 10.9. The Hall–Kier alpha value is -1.52. The average molecular weight is 249 g/mol. The molecule has 0 aliphatic carbocycles. The van der Waals surface area contributed by atoms with E-state index in [4.69, 9.17) is 13.6 Å².